The lowest BCUT2D eigenvalue weighted by molar-refractivity contribution is -0.883. The van der Waals surface area contributed by atoms with Crippen molar-refractivity contribution in [2.45, 2.75) is 9.79 Å². The second-order valence-electron chi connectivity index (χ2n) is 6.25. The molecular weight excluding hydrogens is 307 g/mol. The first-order valence-corrected chi connectivity index (χ1v) is 8.87. The number of quaternary nitrogens is 1. The standard InChI is InChI=1S/C19H19FN2S/c1-21-8-10-22(11-9-21)17-12-14-4-2-3-5-18(14)23-19-13-15(20)6-7-16(17)19/h2-7,12-13H,8-11H2,1H3/p+1. The van der Waals surface area contributed by atoms with E-state index < -0.39 is 0 Å². The Kier molecular flexibility index (Phi) is 3.87. The van der Waals surface area contributed by atoms with Gasteiger partial charge in [-0.3, -0.25) is 0 Å². The summed E-state index contributed by atoms with van der Waals surface area (Å²) in [7, 11) is 2.24. The lowest BCUT2D eigenvalue weighted by atomic mass is 10.1. The number of benzene rings is 2. The second-order valence-corrected chi connectivity index (χ2v) is 7.34. The Hall–Kier alpha value is -1.78. The predicted octanol–water partition coefficient (Wildman–Crippen LogP) is 2.62. The summed E-state index contributed by atoms with van der Waals surface area (Å²) in [4.78, 5) is 6.22. The van der Waals surface area contributed by atoms with Gasteiger partial charge in [0.2, 0.25) is 0 Å². The molecule has 1 N–H and O–H groups in total. The Bertz CT molecular complexity index is 764. The summed E-state index contributed by atoms with van der Waals surface area (Å²) in [6.45, 7) is 4.37. The summed E-state index contributed by atoms with van der Waals surface area (Å²) in [5.74, 6) is -0.169. The van der Waals surface area contributed by atoms with Gasteiger partial charge in [-0.05, 0) is 35.9 Å². The van der Waals surface area contributed by atoms with E-state index in [0.29, 0.717) is 0 Å². The van der Waals surface area contributed by atoms with Crippen molar-refractivity contribution in [1.82, 2.24) is 4.90 Å². The van der Waals surface area contributed by atoms with Gasteiger partial charge in [0.15, 0.2) is 0 Å². The molecule has 2 nitrogen and oxygen atoms in total. The SMILES string of the molecule is C[NH+]1CCN(C2=Cc3ccccc3Sc3cc(F)ccc32)CC1. The van der Waals surface area contributed by atoms with E-state index in [0.717, 1.165) is 36.6 Å². The third-order valence-electron chi connectivity index (χ3n) is 4.61. The molecule has 1 saturated heterocycles. The fourth-order valence-corrected chi connectivity index (χ4v) is 4.30. The van der Waals surface area contributed by atoms with Crippen molar-refractivity contribution in [2.24, 2.45) is 0 Å². The first kappa shape index (κ1) is 14.8. The largest absolute Gasteiger partial charge is 0.360 e. The predicted molar refractivity (Wildman–Crippen MR) is 93.0 cm³/mol. The van der Waals surface area contributed by atoms with Crippen LogP contribution < -0.4 is 4.90 Å². The van der Waals surface area contributed by atoms with E-state index in [4.69, 9.17) is 0 Å². The monoisotopic (exact) mass is 327 g/mol. The van der Waals surface area contributed by atoms with Gasteiger partial charge in [0.05, 0.1) is 33.2 Å². The molecule has 23 heavy (non-hydrogen) atoms. The van der Waals surface area contributed by atoms with Gasteiger partial charge in [0.25, 0.3) is 0 Å². The zero-order valence-electron chi connectivity index (χ0n) is 13.2. The van der Waals surface area contributed by atoms with Crippen LogP contribution in [0.4, 0.5) is 4.39 Å². The molecule has 1 fully saturated rings. The molecule has 2 heterocycles. The molecule has 0 aromatic heterocycles. The van der Waals surface area contributed by atoms with Crippen molar-refractivity contribution in [3.05, 3.63) is 59.4 Å². The maximum atomic E-state index is 13.8. The number of hydrogen-bond donors (Lipinski definition) is 1. The van der Waals surface area contributed by atoms with Gasteiger partial charge in [0.1, 0.15) is 5.82 Å². The van der Waals surface area contributed by atoms with Crippen LogP contribution in [0.25, 0.3) is 11.8 Å². The molecule has 2 aliphatic heterocycles. The minimum absolute atomic E-state index is 0.169. The number of hydrogen-bond acceptors (Lipinski definition) is 2. The fraction of sp³-hybridized carbons (Fsp3) is 0.263. The van der Waals surface area contributed by atoms with E-state index >= 15 is 0 Å². The zero-order chi connectivity index (χ0) is 15.8. The van der Waals surface area contributed by atoms with Gasteiger partial charge in [-0.1, -0.05) is 30.0 Å². The smallest absolute Gasteiger partial charge is 0.124 e. The molecular formula is C19H20FN2S+. The normalized spacial score (nSPS) is 18.0. The molecule has 0 spiro atoms. The van der Waals surface area contributed by atoms with Gasteiger partial charge in [-0.15, -0.1) is 0 Å². The van der Waals surface area contributed by atoms with Crippen LogP contribution in [0, 0.1) is 5.82 Å². The summed E-state index contributed by atoms with van der Waals surface area (Å²) in [5.41, 5.74) is 3.59. The summed E-state index contributed by atoms with van der Waals surface area (Å²) >= 11 is 1.66. The van der Waals surface area contributed by atoms with Gasteiger partial charge in [-0.2, -0.15) is 0 Å². The Morgan fingerprint density at radius 3 is 2.65 bits per heavy atom. The van der Waals surface area contributed by atoms with Crippen LogP contribution in [0.1, 0.15) is 11.1 Å². The van der Waals surface area contributed by atoms with Crippen LogP contribution in [-0.4, -0.2) is 38.1 Å². The summed E-state index contributed by atoms with van der Waals surface area (Å²) < 4.78 is 13.8. The molecule has 0 saturated carbocycles. The van der Waals surface area contributed by atoms with Crippen LogP contribution in [0.3, 0.4) is 0 Å². The molecule has 118 valence electrons. The molecule has 4 heteroatoms. The highest BCUT2D eigenvalue weighted by atomic mass is 32.2. The fourth-order valence-electron chi connectivity index (χ4n) is 3.22. The Morgan fingerprint density at radius 2 is 1.83 bits per heavy atom. The number of likely N-dealkylation sites (N-methyl/N-ethyl adjacent to an activating group) is 1. The molecule has 0 aliphatic carbocycles. The van der Waals surface area contributed by atoms with E-state index in [-0.39, 0.29) is 5.82 Å². The van der Waals surface area contributed by atoms with E-state index in [1.807, 2.05) is 12.1 Å². The number of rotatable bonds is 1. The van der Waals surface area contributed by atoms with Crippen molar-refractivity contribution < 1.29 is 9.29 Å². The number of nitrogens with one attached hydrogen (secondary N) is 1. The molecule has 2 aliphatic rings. The highest BCUT2D eigenvalue weighted by molar-refractivity contribution is 7.99. The molecule has 4 rings (SSSR count). The molecule has 0 bridgehead atoms. The van der Waals surface area contributed by atoms with Crippen molar-refractivity contribution in [1.29, 1.82) is 0 Å². The van der Waals surface area contributed by atoms with Crippen molar-refractivity contribution in [3.63, 3.8) is 0 Å². The van der Waals surface area contributed by atoms with Crippen molar-refractivity contribution in [2.75, 3.05) is 33.2 Å². The highest BCUT2D eigenvalue weighted by Gasteiger charge is 2.24. The van der Waals surface area contributed by atoms with Crippen LogP contribution in [-0.2, 0) is 0 Å². The second kappa shape index (κ2) is 6.02. The van der Waals surface area contributed by atoms with Gasteiger partial charge in [-0.25, -0.2) is 4.39 Å². The third-order valence-corrected chi connectivity index (χ3v) is 5.76. The number of halogens is 1. The number of fused-ring (bicyclic) bond motifs is 2. The number of piperazine rings is 1. The van der Waals surface area contributed by atoms with Gasteiger partial charge >= 0.3 is 0 Å². The maximum Gasteiger partial charge on any atom is 0.124 e. The maximum absolute atomic E-state index is 13.8. The Morgan fingerprint density at radius 1 is 1.04 bits per heavy atom. The number of nitrogens with zero attached hydrogens (tertiary/aromatic N) is 1. The van der Waals surface area contributed by atoms with Gasteiger partial charge < -0.3 is 9.80 Å². The van der Waals surface area contributed by atoms with E-state index in [9.17, 15) is 4.39 Å². The van der Waals surface area contributed by atoms with E-state index in [2.05, 4.69) is 36.2 Å². The topological polar surface area (TPSA) is 7.68 Å². The van der Waals surface area contributed by atoms with Crippen LogP contribution >= 0.6 is 11.8 Å². The molecule has 0 radical (unpaired) electrons. The van der Waals surface area contributed by atoms with Crippen LogP contribution in [0.2, 0.25) is 0 Å². The van der Waals surface area contributed by atoms with E-state index in [1.54, 1.807) is 28.8 Å². The zero-order valence-corrected chi connectivity index (χ0v) is 14.0. The lowest BCUT2D eigenvalue weighted by Crippen LogP contribution is -3.11. The lowest BCUT2D eigenvalue weighted by Gasteiger charge is -2.33. The molecule has 0 amide bonds. The molecule has 0 atom stereocenters. The Labute approximate surface area is 140 Å². The van der Waals surface area contributed by atoms with Crippen LogP contribution in [0.15, 0.2) is 52.3 Å². The minimum Gasteiger partial charge on any atom is -0.360 e. The Balaban J connectivity index is 1.83. The average molecular weight is 327 g/mol. The quantitative estimate of drug-likeness (QED) is 0.861. The van der Waals surface area contributed by atoms with Crippen molar-refractivity contribution in [3.8, 4) is 0 Å². The van der Waals surface area contributed by atoms with Crippen molar-refractivity contribution >= 4 is 23.5 Å². The van der Waals surface area contributed by atoms with Crippen LogP contribution in [0.5, 0.6) is 0 Å². The molecule has 2 aromatic carbocycles. The average Bonchev–Trinajstić information content (AvgIpc) is 2.71. The summed E-state index contributed by atoms with van der Waals surface area (Å²) in [6.07, 6.45) is 2.27. The first-order chi connectivity index (χ1) is 11.2. The summed E-state index contributed by atoms with van der Waals surface area (Å²) in [5, 5.41) is 0. The summed E-state index contributed by atoms with van der Waals surface area (Å²) in [6, 6.07) is 13.5. The van der Waals surface area contributed by atoms with E-state index in [1.165, 1.54) is 16.2 Å². The minimum atomic E-state index is -0.169. The first-order valence-electron chi connectivity index (χ1n) is 8.05. The third kappa shape index (κ3) is 2.89. The van der Waals surface area contributed by atoms with Gasteiger partial charge in [0, 0.05) is 21.1 Å². The molecule has 0 unspecified atom stereocenters. The molecule has 2 aromatic rings. The highest BCUT2D eigenvalue weighted by Crippen LogP contribution is 2.41.